The van der Waals surface area contributed by atoms with Crippen LogP contribution in [0.4, 0.5) is 5.82 Å². The normalized spacial score (nSPS) is 19.1. The van der Waals surface area contributed by atoms with Crippen molar-refractivity contribution in [3.05, 3.63) is 22.8 Å². The van der Waals surface area contributed by atoms with Gasteiger partial charge in [-0.05, 0) is 40.9 Å². The van der Waals surface area contributed by atoms with Gasteiger partial charge in [0.15, 0.2) is 0 Å². The Balaban J connectivity index is 2.12. The molecule has 1 fully saturated rings. The highest BCUT2D eigenvalue weighted by molar-refractivity contribution is 9.10. The predicted octanol–water partition coefficient (Wildman–Crippen LogP) is 2.56. The molecule has 15 heavy (non-hydrogen) atoms. The summed E-state index contributed by atoms with van der Waals surface area (Å²) < 4.78 is 0.818. The molecule has 1 heterocycles. The van der Waals surface area contributed by atoms with Gasteiger partial charge in [-0.25, -0.2) is 4.98 Å². The largest absolute Gasteiger partial charge is 0.394 e. The molecule has 2 N–H and O–H groups in total. The van der Waals surface area contributed by atoms with Gasteiger partial charge >= 0.3 is 0 Å². The minimum atomic E-state index is -0.145. The molecule has 0 bridgehead atoms. The van der Waals surface area contributed by atoms with Gasteiger partial charge in [-0.2, -0.15) is 0 Å². The Kier molecular flexibility index (Phi) is 3.26. The SMILES string of the molecule is OCC1(Nc2cccc(Br)n2)CCCC1. The van der Waals surface area contributed by atoms with E-state index in [0.717, 1.165) is 23.3 Å². The van der Waals surface area contributed by atoms with Gasteiger partial charge in [0.25, 0.3) is 0 Å². The number of rotatable bonds is 3. The van der Waals surface area contributed by atoms with E-state index in [-0.39, 0.29) is 12.1 Å². The van der Waals surface area contributed by atoms with E-state index in [1.165, 1.54) is 12.8 Å². The highest BCUT2D eigenvalue weighted by Gasteiger charge is 2.33. The van der Waals surface area contributed by atoms with E-state index in [9.17, 15) is 5.11 Å². The first-order valence-corrected chi connectivity index (χ1v) is 6.05. The Hall–Kier alpha value is -0.610. The fourth-order valence-electron chi connectivity index (χ4n) is 2.12. The number of hydrogen-bond acceptors (Lipinski definition) is 3. The van der Waals surface area contributed by atoms with Gasteiger partial charge < -0.3 is 10.4 Å². The molecule has 0 radical (unpaired) electrons. The van der Waals surface area contributed by atoms with Gasteiger partial charge in [0.2, 0.25) is 0 Å². The van der Waals surface area contributed by atoms with Crippen molar-refractivity contribution in [3.63, 3.8) is 0 Å². The average molecular weight is 271 g/mol. The van der Waals surface area contributed by atoms with Crippen LogP contribution in [0.25, 0.3) is 0 Å². The molecular weight excluding hydrogens is 256 g/mol. The molecule has 0 spiro atoms. The maximum absolute atomic E-state index is 9.45. The van der Waals surface area contributed by atoms with Gasteiger partial charge in [0.1, 0.15) is 10.4 Å². The number of halogens is 1. The zero-order valence-electron chi connectivity index (χ0n) is 8.54. The minimum Gasteiger partial charge on any atom is -0.394 e. The van der Waals surface area contributed by atoms with Crippen LogP contribution in [-0.4, -0.2) is 22.2 Å². The molecule has 1 aromatic heterocycles. The minimum absolute atomic E-state index is 0.145. The summed E-state index contributed by atoms with van der Waals surface area (Å²) in [5, 5.41) is 12.8. The number of aromatic nitrogens is 1. The lowest BCUT2D eigenvalue weighted by atomic mass is 9.99. The quantitative estimate of drug-likeness (QED) is 0.830. The second kappa shape index (κ2) is 4.49. The fourth-order valence-corrected chi connectivity index (χ4v) is 2.47. The molecule has 0 aliphatic heterocycles. The fraction of sp³-hybridized carbons (Fsp3) is 0.545. The molecule has 0 aromatic carbocycles. The third kappa shape index (κ3) is 2.49. The number of aliphatic hydroxyl groups is 1. The first-order valence-electron chi connectivity index (χ1n) is 5.26. The maximum Gasteiger partial charge on any atom is 0.127 e. The van der Waals surface area contributed by atoms with Crippen LogP contribution in [-0.2, 0) is 0 Å². The van der Waals surface area contributed by atoms with Crippen molar-refractivity contribution < 1.29 is 5.11 Å². The smallest absolute Gasteiger partial charge is 0.127 e. The lowest BCUT2D eigenvalue weighted by Gasteiger charge is -2.28. The molecule has 0 saturated heterocycles. The molecule has 1 saturated carbocycles. The molecule has 0 atom stereocenters. The van der Waals surface area contributed by atoms with Crippen molar-refractivity contribution >= 4 is 21.7 Å². The molecule has 3 nitrogen and oxygen atoms in total. The van der Waals surface area contributed by atoms with Gasteiger partial charge in [-0.1, -0.05) is 18.9 Å². The van der Waals surface area contributed by atoms with Crippen LogP contribution in [0.1, 0.15) is 25.7 Å². The van der Waals surface area contributed by atoms with Gasteiger partial charge in [-0.15, -0.1) is 0 Å². The van der Waals surface area contributed by atoms with Crippen LogP contribution < -0.4 is 5.32 Å². The third-order valence-electron chi connectivity index (χ3n) is 2.97. The highest BCUT2D eigenvalue weighted by atomic mass is 79.9. The summed E-state index contributed by atoms with van der Waals surface area (Å²) in [4.78, 5) is 4.32. The second-order valence-electron chi connectivity index (χ2n) is 4.12. The summed E-state index contributed by atoms with van der Waals surface area (Å²) in [5.41, 5.74) is -0.145. The van der Waals surface area contributed by atoms with Crippen LogP contribution in [0, 0.1) is 0 Å². The summed E-state index contributed by atoms with van der Waals surface area (Å²) in [5.74, 6) is 0.834. The van der Waals surface area contributed by atoms with Crippen LogP contribution in [0.3, 0.4) is 0 Å². The van der Waals surface area contributed by atoms with Gasteiger partial charge in [0, 0.05) is 0 Å². The number of hydrogen-bond donors (Lipinski definition) is 2. The second-order valence-corrected chi connectivity index (χ2v) is 4.93. The summed E-state index contributed by atoms with van der Waals surface area (Å²) in [7, 11) is 0. The molecular formula is C11H15BrN2O. The van der Waals surface area contributed by atoms with Gasteiger partial charge in [-0.3, -0.25) is 0 Å². The molecule has 4 heteroatoms. The van der Waals surface area contributed by atoms with E-state index >= 15 is 0 Å². The van der Waals surface area contributed by atoms with Crippen molar-refractivity contribution in [2.45, 2.75) is 31.2 Å². The molecule has 1 aliphatic carbocycles. The van der Waals surface area contributed by atoms with E-state index in [1.54, 1.807) is 0 Å². The van der Waals surface area contributed by atoms with Crippen LogP contribution in [0.15, 0.2) is 22.8 Å². The molecule has 82 valence electrons. The summed E-state index contributed by atoms with van der Waals surface area (Å²) in [6.45, 7) is 0.182. The number of aliphatic hydroxyl groups excluding tert-OH is 1. The first-order chi connectivity index (χ1) is 7.24. The zero-order chi connectivity index (χ0) is 10.7. The van der Waals surface area contributed by atoms with Crippen LogP contribution >= 0.6 is 15.9 Å². The molecule has 1 aromatic rings. The lowest BCUT2D eigenvalue weighted by Crippen LogP contribution is -2.39. The molecule has 0 amide bonds. The first kappa shape index (κ1) is 10.9. The Morgan fingerprint density at radius 1 is 1.40 bits per heavy atom. The van der Waals surface area contributed by atoms with Crippen molar-refractivity contribution in [3.8, 4) is 0 Å². The van der Waals surface area contributed by atoms with Crippen LogP contribution in [0.2, 0.25) is 0 Å². The van der Waals surface area contributed by atoms with E-state index in [4.69, 9.17) is 0 Å². The predicted molar refractivity (Wildman–Crippen MR) is 63.8 cm³/mol. The topological polar surface area (TPSA) is 45.1 Å². The lowest BCUT2D eigenvalue weighted by molar-refractivity contribution is 0.214. The Morgan fingerprint density at radius 2 is 2.13 bits per heavy atom. The summed E-state index contributed by atoms with van der Waals surface area (Å²) in [6.07, 6.45) is 4.42. The van der Waals surface area contributed by atoms with Crippen molar-refractivity contribution in [1.82, 2.24) is 4.98 Å². The monoisotopic (exact) mass is 270 g/mol. The summed E-state index contributed by atoms with van der Waals surface area (Å²) in [6, 6.07) is 5.77. The molecule has 2 rings (SSSR count). The molecule has 1 aliphatic rings. The Labute approximate surface area is 98.0 Å². The van der Waals surface area contributed by atoms with E-state index in [1.807, 2.05) is 18.2 Å². The van der Waals surface area contributed by atoms with Gasteiger partial charge in [0.05, 0.1) is 12.1 Å². The summed E-state index contributed by atoms with van der Waals surface area (Å²) >= 11 is 3.34. The zero-order valence-corrected chi connectivity index (χ0v) is 10.1. The average Bonchev–Trinajstić information content (AvgIpc) is 2.67. The number of pyridine rings is 1. The Bertz CT molecular complexity index is 337. The van der Waals surface area contributed by atoms with Crippen molar-refractivity contribution in [1.29, 1.82) is 0 Å². The highest BCUT2D eigenvalue weighted by Crippen LogP contribution is 2.32. The standard InChI is InChI=1S/C11H15BrN2O/c12-9-4-3-5-10(13-9)14-11(8-15)6-1-2-7-11/h3-5,15H,1-2,6-8H2,(H,13,14). The van der Waals surface area contributed by atoms with E-state index < -0.39 is 0 Å². The molecule has 0 unspecified atom stereocenters. The number of anilines is 1. The Morgan fingerprint density at radius 3 is 2.73 bits per heavy atom. The maximum atomic E-state index is 9.45. The third-order valence-corrected chi connectivity index (χ3v) is 3.41. The van der Waals surface area contributed by atoms with E-state index in [0.29, 0.717) is 0 Å². The van der Waals surface area contributed by atoms with Crippen molar-refractivity contribution in [2.75, 3.05) is 11.9 Å². The van der Waals surface area contributed by atoms with Crippen molar-refractivity contribution in [2.24, 2.45) is 0 Å². The number of nitrogens with zero attached hydrogens (tertiary/aromatic N) is 1. The number of nitrogens with one attached hydrogen (secondary N) is 1. The van der Waals surface area contributed by atoms with Crippen LogP contribution in [0.5, 0.6) is 0 Å². The van der Waals surface area contributed by atoms with E-state index in [2.05, 4.69) is 26.2 Å².